The van der Waals surface area contributed by atoms with E-state index in [1.807, 2.05) is 49.1 Å². The molecule has 334 valence electrons. The molecule has 6 aromatic carbocycles. The summed E-state index contributed by atoms with van der Waals surface area (Å²) in [4.78, 5) is 21.8. The number of rotatable bonds is 10. The summed E-state index contributed by atoms with van der Waals surface area (Å²) in [5, 5.41) is 8.75. The van der Waals surface area contributed by atoms with E-state index in [9.17, 15) is 0 Å². The Morgan fingerprint density at radius 1 is 0.400 bits per heavy atom. The molecule has 0 fully saturated rings. The number of ether oxygens (including phenoxy) is 2. The topological polar surface area (TPSA) is 79.9 Å². The third kappa shape index (κ3) is 7.38. The van der Waals surface area contributed by atoms with Crippen molar-refractivity contribution in [2.45, 2.75) is 13.8 Å². The Balaban J connectivity index is 0.846. The van der Waals surface area contributed by atoms with Gasteiger partial charge < -0.3 is 9.47 Å². The van der Waals surface area contributed by atoms with Crippen molar-refractivity contribution in [3.05, 3.63) is 217 Å². The fourth-order valence-corrected chi connectivity index (χ4v) is 11.0. The van der Waals surface area contributed by atoms with Gasteiger partial charge in [0.2, 0.25) is 0 Å². The average Bonchev–Trinajstić information content (AvgIpc) is 4.23. The number of aromatic nitrogens is 6. The van der Waals surface area contributed by atoms with Gasteiger partial charge in [-0.1, -0.05) is 60.7 Å². The van der Waals surface area contributed by atoms with Crippen LogP contribution in [-0.4, -0.2) is 29.1 Å². The van der Waals surface area contributed by atoms with Crippen molar-refractivity contribution in [2.75, 3.05) is 0 Å². The van der Waals surface area contributed by atoms with Gasteiger partial charge in [0.25, 0.3) is 0 Å². The Morgan fingerprint density at radius 2 is 0.857 bits per heavy atom. The summed E-state index contributed by atoms with van der Waals surface area (Å²) in [6.07, 6.45) is 7.39. The Morgan fingerprint density at radius 3 is 1.29 bits per heavy atom. The molecule has 8 nitrogen and oxygen atoms in total. The van der Waals surface area contributed by atoms with E-state index in [4.69, 9.17) is 29.4 Å². The van der Waals surface area contributed by atoms with Crippen LogP contribution in [0.25, 0.3) is 98.6 Å². The molecule has 7 aromatic heterocycles. The van der Waals surface area contributed by atoms with Crippen LogP contribution in [0.4, 0.5) is 0 Å². The number of benzene rings is 6. The van der Waals surface area contributed by atoms with Crippen LogP contribution in [0.2, 0.25) is 0 Å². The van der Waals surface area contributed by atoms with Crippen molar-refractivity contribution in [2.24, 2.45) is 0 Å². The first-order valence-electron chi connectivity index (χ1n) is 23.0. The van der Waals surface area contributed by atoms with Crippen molar-refractivity contribution in [3.63, 3.8) is 0 Å². The van der Waals surface area contributed by atoms with E-state index in [1.54, 1.807) is 22.7 Å². The Hall–Kier alpha value is -8.70. The molecule has 0 unspecified atom stereocenters. The van der Waals surface area contributed by atoms with Gasteiger partial charge in [-0.25, -0.2) is 9.97 Å². The second-order valence-corrected chi connectivity index (χ2v) is 19.2. The number of para-hydroxylation sites is 2. The summed E-state index contributed by atoms with van der Waals surface area (Å²) >= 11 is 3.36. The van der Waals surface area contributed by atoms with Crippen LogP contribution < -0.4 is 9.47 Å². The number of thiophene rings is 2. The lowest BCUT2D eigenvalue weighted by Crippen LogP contribution is -1.98. The molecule has 70 heavy (non-hydrogen) atoms. The van der Waals surface area contributed by atoms with Gasteiger partial charge in [-0.3, -0.25) is 19.1 Å². The van der Waals surface area contributed by atoms with E-state index in [2.05, 4.69) is 179 Å². The molecule has 0 saturated heterocycles. The molecule has 13 aromatic rings. The Kier molecular flexibility index (Phi) is 10.1. The highest BCUT2D eigenvalue weighted by atomic mass is 32.1. The van der Waals surface area contributed by atoms with Gasteiger partial charge in [-0.2, -0.15) is 0 Å². The van der Waals surface area contributed by atoms with Crippen molar-refractivity contribution in [3.8, 4) is 78.0 Å². The molecule has 0 saturated carbocycles. The molecule has 0 radical (unpaired) electrons. The first-order chi connectivity index (χ1) is 34.5. The maximum atomic E-state index is 6.89. The molecule has 0 bridgehead atoms. The molecule has 0 spiro atoms. The lowest BCUT2D eigenvalue weighted by Gasteiger charge is -2.14. The molecule has 0 aliphatic rings. The molecule has 0 amide bonds. The second kappa shape index (κ2) is 17.1. The Bertz CT molecular complexity index is 3830. The summed E-state index contributed by atoms with van der Waals surface area (Å²) in [7, 11) is 0. The number of hydrogen-bond donors (Lipinski definition) is 0. The van der Waals surface area contributed by atoms with Crippen molar-refractivity contribution >= 4 is 66.3 Å². The molecular formula is C60H40N6O2S2. The first-order valence-corrected chi connectivity index (χ1v) is 24.7. The van der Waals surface area contributed by atoms with Gasteiger partial charge in [0, 0.05) is 78.1 Å². The highest BCUT2D eigenvalue weighted by Gasteiger charge is 2.19. The fourth-order valence-electron chi connectivity index (χ4n) is 9.49. The normalized spacial score (nSPS) is 11.6. The van der Waals surface area contributed by atoms with Crippen molar-refractivity contribution in [1.29, 1.82) is 0 Å². The van der Waals surface area contributed by atoms with Crippen molar-refractivity contribution < 1.29 is 9.47 Å². The molecule has 10 heteroatoms. The summed E-state index contributed by atoms with van der Waals surface area (Å²) in [5.41, 5.74) is 11.7. The SMILES string of the molecule is Cc1ccnc(-n2c3ccccc3c3ccc(Oc4cc(-c5cnc(-c6ccc(-c7cccs7)c(Oc7ccc8c9ccccc9n(-c9cc(C)ccn9)c8c7)c6)cn5)ccc4-c4cccs4)cc32)c1. The largest absolute Gasteiger partial charge is 0.457 e. The second-order valence-electron chi connectivity index (χ2n) is 17.3. The van der Waals surface area contributed by atoms with Gasteiger partial charge >= 0.3 is 0 Å². The lowest BCUT2D eigenvalue weighted by atomic mass is 10.1. The summed E-state index contributed by atoms with van der Waals surface area (Å²) in [6, 6.07) is 58.7. The minimum atomic E-state index is 0.718. The molecule has 0 N–H and O–H groups in total. The summed E-state index contributed by atoms with van der Waals surface area (Å²) in [5.74, 6) is 4.61. The number of hydrogen-bond acceptors (Lipinski definition) is 8. The third-order valence-electron chi connectivity index (χ3n) is 12.8. The van der Waals surface area contributed by atoms with Gasteiger partial charge in [0.05, 0.1) is 45.8 Å². The minimum absolute atomic E-state index is 0.718. The quantitative estimate of drug-likeness (QED) is 0.136. The smallest absolute Gasteiger partial charge is 0.137 e. The standard InChI is InChI=1S/C60H40N6O2S2/c1-37-23-25-61-59(29-37)65-51-11-5-3-9-43(51)45-21-17-41(33-53(45)65)67-55-31-39(15-19-47(55)57-13-7-27-69-57)49-35-64-50(36-63-49)40-16-20-48(58-14-8-28-70-58)56(32-40)68-42-18-22-46-44-10-4-6-12-52(44)66(54(46)34-42)60-30-38(2)24-26-62-60/h3-36H,1-2H3. The van der Waals surface area contributed by atoms with Crippen LogP contribution in [0.5, 0.6) is 23.0 Å². The van der Waals surface area contributed by atoms with Crippen LogP contribution in [0, 0.1) is 13.8 Å². The van der Waals surface area contributed by atoms with E-state index in [0.717, 1.165) is 133 Å². The van der Waals surface area contributed by atoms with Gasteiger partial charge in [0.15, 0.2) is 0 Å². The number of fused-ring (bicyclic) bond motifs is 6. The van der Waals surface area contributed by atoms with Crippen LogP contribution in [0.1, 0.15) is 11.1 Å². The van der Waals surface area contributed by atoms with E-state index in [0.29, 0.717) is 0 Å². The van der Waals surface area contributed by atoms with Crippen LogP contribution in [-0.2, 0) is 0 Å². The third-order valence-corrected chi connectivity index (χ3v) is 14.6. The van der Waals surface area contributed by atoms with Crippen LogP contribution >= 0.6 is 22.7 Å². The predicted octanol–water partition coefficient (Wildman–Crippen LogP) is 16.5. The van der Waals surface area contributed by atoms with Gasteiger partial charge in [-0.05, 0) is 133 Å². The molecule has 0 aliphatic carbocycles. The predicted molar refractivity (Wildman–Crippen MR) is 286 cm³/mol. The molecule has 13 rings (SSSR count). The highest BCUT2D eigenvalue weighted by molar-refractivity contribution is 7.13. The molecule has 0 aliphatic heterocycles. The maximum Gasteiger partial charge on any atom is 0.137 e. The van der Waals surface area contributed by atoms with Gasteiger partial charge in [0.1, 0.15) is 34.6 Å². The lowest BCUT2D eigenvalue weighted by molar-refractivity contribution is 0.485. The summed E-state index contributed by atoms with van der Waals surface area (Å²) < 4.78 is 18.2. The number of nitrogens with zero attached hydrogens (tertiary/aromatic N) is 6. The molecule has 7 heterocycles. The summed E-state index contributed by atoms with van der Waals surface area (Å²) in [6.45, 7) is 4.18. The zero-order valence-electron chi connectivity index (χ0n) is 37.9. The first kappa shape index (κ1) is 41.5. The fraction of sp³-hybridized carbons (Fsp3) is 0.0333. The van der Waals surface area contributed by atoms with Crippen molar-refractivity contribution in [1.82, 2.24) is 29.1 Å². The van der Waals surface area contributed by atoms with E-state index < -0.39 is 0 Å². The highest BCUT2D eigenvalue weighted by Crippen LogP contribution is 2.43. The monoisotopic (exact) mass is 940 g/mol. The zero-order valence-corrected chi connectivity index (χ0v) is 39.6. The van der Waals surface area contributed by atoms with Gasteiger partial charge in [-0.15, -0.1) is 22.7 Å². The van der Waals surface area contributed by atoms with E-state index in [1.165, 1.54) is 0 Å². The minimum Gasteiger partial charge on any atom is -0.457 e. The zero-order chi connectivity index (χ0) is 46.7. The Labute approximate surface area is 411 Å². The molecule has 0 atom stereocenters. The van der Waals surface area contributed by atoms with Crippen LogP contribution in [0.15, 0.2) is 205 Å². The number of aryl methyl sites for hydroxylation is 2. The van der Waals surface area contributed by atoms with E-state index >= 15 is 0 Å². The molecular weight excluding hydrogens is 901 g/mol. The van der Waals surface area contributed by atoms with E-state index in [-0.39, 0.29) is 0 Å². The van der Waals surface area contributed by atoms with Crippen LogP contribution in [0.3, 0.4) is 0 Å². The maximum absolute atomic E-state index is 6.89. The number of pyridine rings is 2. The average molecular weight is 941 g/mol.